The van der Waals surface area contributed by atoms with Gasteiger partial charge in [0.05, 0.1) is 11.9 Å². The molecule has 0 aliphatic carbocycles. The minimum atomic E-state index is -3.84. The summed E-state index contributed by atoms with van der Waals surface area (Å²) in [4.78, 5) is 29.0. The number of anilines is 1. The Bertz CT molecular complexity index is 1450. The largest absolute Gasteiger partial charge is 0.352 e. The zero-order valence-corrected chi connectivity index (χ0v) is 26.2. The zero-order valence-electron chi connectivity index (χ0n) is 23.9. The summed E-state index contributed by atoms with van der Waals surface area (Å²) in [6.45, 7) is 3.67. The Labute approximate surface area is 257 Å². The number of halogens is 3. The van der Waals surface area contributed by atoms with Crippen LogP contribution in [0.15, 0.2) is 72.8 Å². The average Bonchev–Trinajstić information content (AvgIpc) is 2.94. The van der Waals surface area contributed by atoms with Crippen LogP contribution in [0.2, 0.25) is 10.0 Å². The van der Waals surface area contributed by atoms with Crippen molar-refractivity contribution >= 4 is 50.7 Å². The van der Waals surface area contributed by atoms with Crippen LogP contribution in [0.5, 0.6) is 0 Å². The van der Waals surface area contributed by atoms with Crippen LogP contribution in [0, 0.1) is 5.82 Å². The molecule has 1 N–H and O–H groups in total. The molecule has 226 valence electrons. The van der Waals surface area contributed by atoms with Gasteiger partial charge in [0.25, 0.3) is 0 Å². The van der Waals surface area contributed by atoms with Gasteiger partial charge in [0.1, 0.15) is 11.9 Å². The van der Waals surface area contributed by atoms with E-state index in [0.29, 0.717) is 22.0 Å². The van der Waals surface area contributed by atoms with Crippen LogP contribution in [0.3, 0.4) is 0 Å². The topological polar surface area (TPSA) is 86.8 Å². The molecule has 0 saturated carbocycles. The number of amides is 2. The van der Waals surface area contributed by atoms with E-state index in [9.17, 15) is 22.4 Å². The predicted molar refractivity (Wildman–Crippen MR) is 167 cm³/mol. The van der Waals surface area contributed by atoms with Crippen LogP contribution in [0.25, 0.3) is 0 Å². The van der Waals surface area contributed by atoms with E-state index in [1.807, 2.05) is 44.2 Å². The maximum Gasteiger partial charge on any atom is 0.243 e. The molecule has 0 spiro atoms. The number of nitrogens with zero attached hydrogens (tertiary/aromatic N) is 2. The van der Waals surface area contributed by atoms with E-state index >= 15 is 0 Å². The molecule has 0 aromatic heterocycles. The molecule has 11 heteroatoms. The van der Waals surface area contributed by atoms with Gasteiger partial charge in [-0.1, -0.05) is 78.7 Å². The number of hydrogen-bond donors (Lipinski definition) is 1. The van der Waals surface area contributed by atoms with E-state index in [1.165, 1.54) is 23.1 Å². The van der Waals surface area contributed by atoms with Crippen molar-refractivity contribution in [3.05, 3.63) is 99.8 Å². The summed E-state index contributed by atoms with van der Waals surface area (Å²) in [5, 5.41) is 3.70. The van der Waals surface area contributed by atoms with Crippen LogP contribution in [-0.4, -0.2) is 50.0 Å². The molecule has 3 aromatic carbocycles. The molecule has 0 fully saturated rings. The molecule has 0 saturated heterocycles. The minimum absolute atomic E-state index is 0.0358. The Morgan fingerprint density at radius 1 is 0.952 bits per heavy atom. The lowest BCUT2D eigenvalue weighted by Gasteiger charge is -2.33. The first kappa shape index (κ1) is 33.4. The second-order valence-corrected chi connectivity index (χ2v) is 12.9. The second kappa shape index (κ2) is 15.4. The highest BCUT2D eigenvalue weighted by atomic mass is 35.5. The highest BCUT2D eigenvalue weighted by Gasteiger charge is 2.32. The van der Waals surface area contributed by atoms with E-state index < -0.39 is 27.8 Å². The fourth-order valence-corrected chi connectivity index (χ4v) is 5.97. The first-order valence-corrected chi connectivity index (χ1v) is 16.3. The molecule has 2 atom stereocenters. The van der Waals surface area contributed by atoms with Gasteiger partial charge in [-0.25, -0.2) is 12.8 Å². The predicted octanol–water partition coefficient (Wildman–Crippen LogP) is 6.23. The smallest absolute Gasteiger partial charge is 0.243 e. The van der Waals surface area contributed by atoms with Crippen molar-refractivity contribution in [3.63, 3.8) is 0 Å². The van der Waals surface area contributed by atoms with Crippen molar-refractivity contribution < 1.29 is 22.4 Å². The zero-order chi connectivity index (χ0) is 30.9. The van der Waals surface area contributed by atoms with Crippen molar-refractivity contribution in [1.82, 2.24) is 10.2 Å². The van der Waals surface area contributed by atoms with Gasteiger partial charge in [0, 0.05) is 47.6 Å². The lowest BCUT2D eigenvalue weighted by Crippen LogP contribution is -2.52. The maximum atomic E-state index is 14.5. The number of carbonyl (C=O) groups is 2. The van der Waals surface area contributed by atoms with Crippen molar-refractivity contribution in [2.75, 3.05) is 17.1 Å². The van der Waals surface area contributed by atoms with Gasteiger partial charge in [-0.15, -0.1) is 0 Å². The summed E-state index contributed by atoms with van der Waals surface area (Å²) in [7, 11) is -3.84. The standard InChI is InChI=1S/C31H36Cl2FN3O4S/c1-4-22(2)35-31(39)29(20-23-12-6-5-7-13-23)36(21-24-25(32)14-10-15-26(24)33)30(38)18-11-19-37(42(3,40)41)28-17-9-8-16-27(28)34/h5-10,12-17,22,29H,4,11,18-21H2,1-3H3,(H,35,39)/t22-,29-/m0/s1. The lowest BCUT2D eigenvalue weighted by atomic mass is 10.0. The Morgan fingerprint density at radius 2 is 1.57 bits per heavy atom. The Balaban J connectivity index is 1.94. The summed E-state index contributed by atoms with van der Waals surface area (Å²) in [6.07, 6.45) is 1.90. The number of hydrogen-bond acceptors (Lipinski definition) is 4. The molecule has 3 aromatic rings. The van der Waals surface area contributed by atoms with Crippen molar-refractivity contribution in [3.8, 4) is 0 Å². The first-order chi connectivity index (χ1) is 19.9. The van der Waals surface area contributed by atoms with Gasteiger partial charge in [0.2, 0.25) is 21.8 Å². The van der Waals surface area contributed by atoms with Gasteiger partial charge >= 0.3 is 0 Å². The molecule has 2 amide bonds. The molecule has 0 heterocycles. The van der Waals surface area contributed by atoms with Gasteiger partial charge in [-0.05, 0) is 49.6 Å². The summed E-state index contributed by atoms with van der Waals surface area (Å²) in [6, 6.07) is 18.9. The Morgan fingerprint density at radius 3 is 2.17 bits per heavy atom. The van der Waals surface area contributed by atoms with Gasteiger partial charge in [0.15, 0.2) is 0 Å². The average molecular weight is 637 g/mol. The number of nitrogens with one attached hydrogen (secondary N) is 1. The normalized spacial score (nSPS) is 12.8. The van der Waals surface area contributed by atoms with Crippen LogP contribution in [0.1, 0.15) is 44.2 Å². The third kappa shape index (κ3) is 9.18. The van der Waals surface area contributed by atoms with E-state index in [2.05, 4.69) is 5.32 Å². The summed E-state index contributed by atoms with van der Waals surface area (Å²) < 4.78 is 40.5. The molecular weight excluding hydrogens is 600 g/mol. The maximum absolute atomic E-state index is 14.5. The van der Waals surface area contributed by atoms with Gasteiger partial charge < -0.3 is 10.2 Å². The van der Waals surface area contributed by atoms with E-state index in [4.69, 9.17) is 23.2 Å². The second-order valence-electron chi connectivity index (χ2n) is 10.1. The summed E-state index contributed by atoms with van der Waals surface area (Å²) in [5.74, 6) is -1.41. The fraction of sp³-hybridized carbons (Fsp3) is 0.355. The number of benzene rings is 3. The third-order valence-corrected chi connectivity index (χ3v) is 8.82. The summed E-state index contributed by atoms with van der Waals surface area (Å²) >= 11 is 13.0. The SMILES string of the molecule is CC[C@H](C)NC(=O)[C@H](Cc1ccccc1)N(Cc1c(Cl)cccc1Cl)C(=O)CCCN(c1ccccc1F)S(C)(=O)=O. The number of para-hydroxylation sites is 1. The highest BCUT2D eigenvalue weighted by Crippen LogP contribution is 2.28. The lowest BCUT2D eigenvalue weighted by molar-refractivity contribution is -0.141. The molecule has 0 unspecified atom stereocenters. The van der Waals surface area contributed by atoms with E-state index in [1.54, 1.807) is 24.3 Å². The fourth-order valence-electron chi connectivity index (χ4n) is 4.49. The Kier molecular flexibility index (Phi) is 12.2. The third-order valence-electron chi connectivity index (χ3n) is 6.94. The van der Waals surface area contributed by atoms with Crippen LogP contribution in [-0.2, 0) is 32.6 Å². The highest BCUT2D eigenvalue weighted by molar-refractivity contribution is 7.92. The molecule has 42 heavy (non-hydrogen) atoms. The number of sulfonamides is 1. The Hall–Kier alpha value is -3.14. The molecule has 0 bridgehead atoms. The van der Waals surface area contributed by atoms with E-state index in [-0.39, 0.29) is 50.0 Å². The van der Waals surface area contributed by atoms with Crippen LogP contribution >= 0.6 is 23.2 Å². The van der Waals surface area contributed by atoms with Crippen molar-refractivity contribution in [2.45, 2.75) is 58.2 Å². The molecular formula is C31H36Cl2FN3O4S. The number of rotatable bonds is 14. The minimum Gasteiger partial charge on any atom is -0.352 e. The quantitative estimate of drug-likeness (QED) is 0.227. The van der Waals surface area contributed by atoms with Crippen LogP contribution in [0.4, 0.5) is 10.1 Å². The van der Waals surface area contributed by atoms with E-state index in [0.717, 1.165) is 16.1 Å². The van der Waals surface area contributed by atoms with Gasteiger partial charge in [-0.3, -0.25) is 13.9 Å². The monoisotopic (exact) mass is 635 g/mol. The van der Waals surface area contributed by atoms with Gasteiger partial charge in [-0.2, -0.15) is 0 Å². The van der Waals surface area contributed by atoms with Crippen molar-refractivity contribution in [2.24, 2.45) is 0 Å². The molecule has 0 aliphatic heterocycles. The first-order valence-electron chi connectivity index (χ1n) is 13.7. The van der Waals surface area contributed by atoms with Crippen molar-refractivity contribution in [1.29, 1.82) is 0 Å². The number of carbonyl (C=O) groups excluding carboxylic acids is 2. The molecule has 7 nitrogen and oxygen atoms in total. The molecule has 0 radical (unpaired) electrons. The summed E-state index contributed by atoms with van der Waals surface area (Å²) in [5.41, 5.74) is 1.25. The molecule has 0 aliphatic rings. The molecule has 3 rings (SSSR count). The van der Waals surface area contributed by atoms with Crippen LogP contribution < -0.4 is 9.62 Å².